The molecule has 1 amide bonds. The van der Waals surface area contributed by atoms with E-state index in [9.17, 15) is 4.79 Å². The van der Waals surface area contributed by atoms with Gasteiger partial charge in [0.1, 0.15) is 5.60 Å². The molecule has 0 radical (unpaired) electrons. The van der Waals surface area contributed by atoms with Crippen LogP contribution in [0.4, 0.5) is 10.6 Å². The van der Waals surface area contributed by atoms with Gasteiger partial charge in [-0.2, -0.15) is 0 Å². The van der Waals surface area contributed by atoms with Crippen LogP contribution in [0.1, 0.15) is 20.8 Å². The molecule has 0 saturated carbocycles. The summed E-state index contributed by atoms with van der Waals surface area (Å²) in [6.07, 6.45) is -0.232. The van der Waals surface area contributed by atoms with Crippen molar-refractivity contribution in [3.8, 4) is 22.8 Å². The van der Waals surface area contributed by atoms with Gasteiger partial charge in [0.15, 0.2) is 17.3 Å². The van der Waals surface area contributed by atoms with Crippen LogP contribution in [0, 0.1) is 5.92 Å². The minimum absolute atomic E-state index is 0.181. The highest BCUT2D eigenvalue weighted by molar-refractivity contribution is 5.70. The van der Waals surface area contributed by atoms with Gasteiger partial charge in [0.25, 0.3) is 0 Å². The van der Waals surface area contributed by atoms with Crippen molar-refractivity contribution in [1.29, 1.82) is 0 Å². The lowest BCUT2D eigenvalue weighted by Crippen LogP contribution is -2.59. The largest absolute Gasteiger partial charge is 0.454 e. The molecule has 0 bridgehead atoms. The molecule has 1 aromatic heterocycles. The Hall–Kier alpha value is -3.03. The molecule has 2 atom stereocenters. The molecule has 2 fully saturated rings. The SMILES string of the molecule is CC(C)(C)OC(=O)N1C[C@@H]2CN(c3ccc(-c4ccc5c(c4)OCO5)nn3)C[C@@H]21. The predicted octanol–water partition coefficient (Wildman–Crippen LogP) is 2.93. The number of aromatic nitrogens is 2. The second kappa shape index (κ2) is 6.50. The highest BCUT2D eigenvalue weighted by atomic mass is 16.7. The van der Waals surface area contributed by atoms with E-state index in [0.717, 1.165) is 48.2 Å². The summed E-state index contributed by atoms with van der Waals surface area (Å²) in [5.74, 6) is 2.76. The van der Waals surface area contributed by atoms with Crippen molar-refractivity contribution in [3.05, 3.63) is 30.3 Å². The van der Waals surface area contributed by atoms with Crippen LogP contribution >= 0.6 is 0 Å². The number of fused-ring (bicyclic) bond motifs is 2. The standard InChI is InChI=1S/C21H24N4O4/c1-21(2,3)29-20(26)25-10-14-9-24(11-16(14)25)19-7-5-15(22-23-19)13-4-6-17-18(8-13)28-12-27-17/h4-8,14,16H,9-12H2,1-3H3/t14-,16-/m0/s1. The van der Waals surface area contributed by atoms with E-state index in [1.54, 1.807) is 0 Å². The fourth-order valence-electron chi connectivity index (χ4n) is 4.06. The second-order valence-electron chi connectivity index (χ2n) is 8.71. The third-order valence-electron chi connectivity index (χ3n) is 5.51. The molecule has 8 heteroatoms. The molecule has 0 spiro atoms. The van der Waals surface area contributed by atoms with Crippen LogP contribution in [0.5, 0.6) is 11.5 Å². The normalized spacial score (nSPS) is 22.3. The monoisotopic (exact) mass is 396 g/mol. The molecular formula is C21H24N4O4. The number of likely N-dealkylation sites (tertiary alicyclic amines) is 1. The van der Waals surface area contributed by atoms with Crippen molar-refractivity contribution in [3.63, 3.8) is 0 Å². The van der Waals surface area contributed by atoms with Crippen LogP contribution in [0.2, 0.25) is 0 Å². The molecule has 1 aromatic carbocycles. The van der Waals surface area contributed by atoms with E-state index >= 15 is 0 Å². The van der Waals surface area contributed by atoms with Gasteiger partial charge in [-0.05, 0) is 51.1 Å². The molecule has 0 aliphatic carbocycles. The van der Waals surface area contributed by atoms with Crippen LogP contribution in [0.25, 0.3) is 11.3 Å². The average molecular weight is 396 g/mol. The summed E-state index contributed by atoms with van der Waals surface area (Å²) in [5, 5.41) is 8.82. The van der Waals surface area contributed by atoms with E-state index in [1.807, 2.05) is 56.0 Å². The van der Waals surface area contributed by atoms with Gasteiger partial charge in [-0.3, -0.25) is 0 Å². The third-order valence-corrected chi connectivity index (χ3v) is 5.51. The Morgan fingerprint density at radius 1 is 1.07 bits per heavy atom. The molecular weight excluding hydrogens is 372 g/mol. The lowest BCUT2D eigenvalue weighted by atomic mass is 9.93. The third kappa shape index (κ3) is 3.32. The Morgan fingerprint density at radius 2 is 1.90 bits per heavy atom. The highest BCUT2D eigenvalue weighted by Crippen LogP contribution is 2.37. The van der Waals surface area contributed by atoms with Crippen LogP contribution in [-0.4, -0.2) is 59.3 Å². The first-order valence-corrected chi connectivity index (χ1v) is 9.86. The number of hydrogen-bond donors (Lipinski definition) is 0. The lowest BCUT2D eigenvalue weighted by molar-refractivity contribution is -0.0163. The number of nitrogens with zero attached hydrogens (tertiary/aromatic N) is 4. The van der Waals surface area contributed by atoms with Gasteiger partial charge < -0.3 is 24.0 Å². The van der Waals surface area contributed by atoms with Crippen LogP contribution < -0.4 is 14.4 Å². The molecule has 152 valence electrons. The summed E-state index contributed by atoms with van der Waals surface area (Å²) in [6.45, 7) is 8.28. The summed E-state index contributed by atoms with van der Waals surface area (Å²) in [5.41, 5.74) is 1.24. The van der Waals surface area contributed by atoms with Crippen LogP contribution in [0.15, 0.2) is 30.3 Å². The van der Waals surface area contributed by atoms with Gasteiger partial charge in [-0.1, -0.05) is 0 Å². The van der Waals surface area contributed by atoms with Gasteiger partial charge in [0.05, 0.1) is 11.7 Å². The van der Waals surface area contributed by atoms with Gasteiger partial charge >= 0.3 is 6.09 Å². The Kier molecular flexibility index (Phi) is 4.04. The van der Waals surface area contributed by atoms with E-state index in [2.05, 4.69) is 15.1 Å². The second-order valence-corrected chi connectivity index (χ2v) is 8.71. The van der Waals surface area contributed by atoms with E-state index in [0.29, 0.717) is 5.92 Å². The first-order valence-electron chi connectivity index (χ1n) is 9.86. The van der Waals surface area contributed by atoms with Gasteiger partial charge in [0.2, 0.25) is 6.79 Å². The minimum atomic E-state index is -0.476. The summed E-state index contributed by atoms with van der Waals surface area (Å²) in [4.78, 5) is 16.4. The van der Waals surface area contributed by atoms with Crippen LogP contribution in [-0.2, 0) is 4.74 Å². The zero-order valence-electron chi connectivity index (χ0n) is 16.8. The summed E-state index contributed by atoms with van der Waals surface area (Å²) >= 11 is 0. The molecule has 3 aliphatic rings. The van der Waals surface area contributed by atoms with E-state index in [1.165, 1.54) is 0 Å². The van der Waals surface area contributed by atoms with Crippen molar-refractivity contribution < 1.29 is 19.0 Å². The Morgan fingerprint density at radius 3 is 2.66 bits per heavy atom. The molecule has 5 rings (SSSR count). The fourth-order valence-corrected chi connectivity index (χ4v) is 4.06. The zero-order valence-corrected chi connectivity index (χ0v) is 16.8. The number of hydrogen-bond acceptors (Lipinski definition) is 7. The van der Waals surface area contributed by atoms with E-state index in [-0.39, 0.29) is 18.9 Å². The Labute approximate surface area is 169 Å². The first kappa shape index (κ1) is 18.0. The number of ether oxygens (including phenoxy) is 3. The number of carbonyl (C=O) groups is 1. The first-order chi connectivity index (χ1) is 13.9. The smallest absolute Gasteiger partial charge is 0.410 e. The Bertz CT molecular complexity index is 941. The van der Waals surface area contributed by atoms with Crippen LogP contribution in [0.3, 0.4) is 0 Å². The lowest BCUT2D eigenvalue weighted by Gasteiger charge is -2.43. The van der Waals surface area contributed by atoms with E-state index < -0.39 is 5.60 Å². The van der Waals surface area contributed by atoms with Gasteiger partial charge in [-0.25, -0.2) is 4.79 Å². The maximum absolute atomic E-state index is 12.3. The van der Waals surface area contributed by atoms with Gasteiger partial charge in [-0.15, -0.1) is 10.2 Å². The van der Waals surface area contributed by atoms with Crippen molar-refractivity contribution in [1.82, 2.24) is 15.1 Å². The number of amides is 1. The molecule has 2 saturated heterocycles. The predicted molar refractivity (Wildman–Crippen MR) is 106 cm³/mol. The average Bonchev–Trinajstić information content (AvgIpc) is 3.25. The van der Waals surface area contributed by atoms with Crippen molar-refractivity contribution in [2.24, 2.45) is 5.92 Å². The fraction of sp³-hybridized carbons (Fsp3) is 0.476. The van der Waals surface area contributed by atoms with Gasteiger partial charge in [0, 0.05) is 31.1 Å². The highest BCUT2D eigenvalue weighted by Gasteiger charge is 2.49. The molecule has 0 N–H and O–H groups in total. The molecule has 29 heavy (non-hydrogen) atoms. The maximum atomic E-state index is 12.3. The Balaban J connectivity index is 1.26. The number of anilines is 1. The number of benzene rings is 1. The minimum Gasteiger partial charge on any atom is -0.454 e. The topological polar surface area (TPSA) is 77.0 Å². The van der Waals surface area contributed by atoms with Crippen molar-refractivity contribution in [2.75, 3.05) is 31.3 Å². The molecule has 0 unspecified atom stereocenters. The summed E-state index contributed by atoms with van der Waals surface area (Å²) in [7, 11) is 0. The molecule has 4 heterocycles. The number of carbonyl (C=O) groups excluding carboxylic acids is 1. The molecule has 2 aromatic rings. The molecule has 8 nitrogen and oxygen atoms in total. The maximum Gasteiger partial charge on any atom is 0.410 e. The zero-order chi connectivity index (χ0) is 20.2. The summed E-state index contributed by atoms with van der Waals surface area (Å²) in [6, 6.07) is 9.88. The van der Waals surface area contributed by atoms with E-state index in [4.69, 9.17) is 14.2 Å². The number of rotatable bonds is 2. The van der Waals surface area contributed by atoms with Crippen molar-refractivity contribution >= 4 is 11.9 Å². The quantitative estimate of drug-likeness (QED) is 0.772. The summed E-state index contributed by atoms with van der Waals surface area (Å²) < 4.78 is 16.3. The van der Waals surface area contributed by atoms with Crippen molar-refractivity contribution in [2.45, 2.75) is 32.4 Å². The molecule has 3 aliphatic heterocycles.